The molecule has 0 spiro atoms. The Balaban J connectivity index is 0.000000141. The fourth-order valence-electron chi connectivity index (χ4n) is 2.46. The summed E-state index contributed by atoms with van der Waals surface area (Å²) in [7, 11) is 0. The molecule has 2 aromatic heterocycles. The Morgan fingerprint density at radius 2 is 1.25 bits per heavy atom. The SMILES string of the molecule is CC(C)c1ccc2ncoc2c1.CC(C)c1ccc2ocnc2c1. The third-order valence-corrected chi connectivity index (χ3v) is 4.04. The van der Waals surface area contributed by atoms with E-state index >= 15 is 0 Å². The summed E-state index contributed by atoms with van der Waals surface area (Å²) in [5.74, 6) is 1.09. The highest BCUT2D eigenvalue weighted by Gasteiger charge is 2.03. The number of rotatable bonds is 2. The van der Waals surface area contributed by atoms with E-state index in [-0.39, 0.29) is 0 Å². The van der Waals surface area contributed by atoms with E-state index in [2.05, 4.69) is 55.9 Å². The molecule has 124 valence electrons. The zero-order chi connectivity index (χ0) is 17.1. The summed E-state index contributed by atoms with van der Waals surface area (Å²) in [5.41, 5.74) is 6.21. The highest BCUT2D eigenvalue weighted by molar-refractivity contribution is 5.73. The number of nitrogens with zero attached hydrogens (tertiary/aromatic N) is 2. The summed E-state index contributed by atoms with van der Waals surface area (Å²) in [5, 5.41) is 0. The predicted molar refractivity (Wildman–Crippen MR) is 96.2 cm³/mol. The van der Waals surface area contributed by atoms with Crippen LogP contribution in [-0.4, -0.2) is 9.97 Å². The molecule has 0 amide bonds. The van der Waals surface area contributed by atoms with Gasteiger partial charge in [-0.25, -0.2) is 9.97 Å². The van der Waals surface area contributed by atoms with Crippen molar-refractivity contribution >= 4 is 22.2 Å². The van der Waals surface area contributed by atoms with E-state index in [0.717, 1.165) is 22.2 Å². The van der Waals surface area contributed by atoms with Gasteiger partial charge in [-0.3, -0.25) is 0 Å². The molecule has 4 heteroatoms. The number of hydrogen-bond donors (Lipinski definition) is 0. The predicted octanol–water partition coefficient (Wildman–Crippen LogP) is 5.90. The van der Waals surface area contributed by atoms with Crippen LogP contribution in [0.25, 0.3) is 22.2 Å². The first-order chi connectivity index (χ1) is 11.5. The molecular formula is C20H22N2O2. The van der Waals surface area contributed by atoms with Gasteiger partial charge in [0.15, 0.2) is 24.0 Å². The summed E-state index contributed by atoms with van der Waals surface area (Å²) < 4.78 is 10.3. The lowest BCUT2D eigenvalue weighted by Crippen LogP contribution is -1.85. The van der Waals surface area contributed by atoms with E-state index in [0.29, 0.717) is 11.8 Å². The van der Waals surface area contributed by atoms with Gasteiger partial charge >= 0.3 is 0 Å². The van der Waals surface area contributed by atoms with Crippen molar-refractivity contribution in [1.29, 1.82) is 0 Å². The maximum absolute atomic E-state index is 5.20. The van der Waals surface area contributed by atoms with E-state index in [1.807, 2.05) is 18.2 Å². The molecular weight excluding hydrogens is 300 g/mol. The number of oxazole rings is 2. The van der Waals surface area contributed by atoms with Crippen LogP contribution in [0.3, 0.4) is 0 Å². The smallest absolute Gasteiger partial charge is 0.181 e. The van der Waals surface area contributed by atoms with Gasteiger partial charge in [-0.2, -0.15) is 0 Å². The molecule has 0 N–H and O–H groups in total. The molecule has 0 unspecified atom stereocenters. The van der Waals surface area contributed by atoms with Crippen LogP contribution < -0.4 is 0 Å². The molecule has 0 aliphatic heterocycles. The Morgan fingerprint density at radius 3 is 1.96 bits per heavy atom. The lowest BCUT2D eigenvalue weighted by molar-refractivity contribution is 0.601. The summed E-state index contributed by atoms with van der Waals surface area (Å²) in [6, 6.07) is 12.3. The zero-order valence-electron chi connectivity index (χ0n) is 14.5. The molecule has 4 nitrogen and oxygen atoms in total. The van der Waals surface area contributed by atoms with E-state index < -0.39 is 0 Å². The molecule has 0 saturated heterocycles. The monoisotopic (exact) mass is 322 g/mol. The second-order valence-corrected chi connectivity index (χ2v) is 6.47. The molecule has 0 saturated carbocycles. The van der Waals surface area contributed by atoms with Gasteiger partial charge in [0.2, 0.25) is 0 Å². The maximum atomic E-state index is 5.20. The lowest BCUT2D eigenvalue weighted by atomic mass is 10.0. The van der Waals surface area contributed by atoms with Crippen molar-refractivity contribution < 1.29 is 8.83 Å². The number of benzene rings is 2. The molecule has 4 rings (SSSR count). The Hall–Kier alpha value is -2.62. The summed E-state index contributed by atoms with van der Waals surface area (Å²) in [6.07, 6.45) is 2.96. The average Bonchev–Trinajstić information content (AvgIpc) is 3.22. The Morgan fingerprint density at radius 1 is 0.667 bits per heavy atom. The molecule has 0 atom stereocenters. The van der Waals surface area contributed by atoms with Crippen LogP contribution in [0.4, 0.5) is 0 Å². The van der Waals surface area contributed by atoms with Crippen molar-refractivity contribution in [3.8, 4) is 0 Å². The Labute approximate surface area is 141 Å². The third kappa shape index (κ3) is 3.48. The molecule has 2 heterocycles. The van der Waals surface area contributed by atoms with Gasteiger partial charge in [0.25, 0.3) is 0 Å². The van der Waals surface area contributed by atoms with Crippen molar-refractivity contribution in [3.05, 3.63) is 60.3 Å². The summed E-state index contributed by atoms with van der Waals surface area (Å²) in [4.78, 5) is 8.15. The maximum Gasteiger partial charge on any atom is 0.181 e. The first kappa shape index (κ1) is 16.2. The van der Waals surface area contributed by atoms with E-state index in [1.165, 1.54) is 23.9 Å². The minimum absolute atomic E-state index is 0.541. The van der Waals surface area contributed by atoms with Crippen molar-refractivity contribution in [2.45, 2.75) is 39.5 Å². The van der Waals surface area contributed by atoms with Crippen molar-refractivity contribution in [2.24, 2.45) is 0 Å². The van der Waals surface area contributed by atoms with Crippen LogP contribution in [-0.2, 0) is 0 Å². The van der Waals surface area contributed by atoms with Crippen LogP contribution in [0, 0.1) is 0 Å². The highest BCUT2D eigenvalue weighted by Crippen LogP contribution is 2.20. The van der Waals surface area contributed by atoms with Crippen molar-refractivity contribution in [1.82, 2.24) is 9.97 Å². The quantitative estimate of drug-likeness (QED) is 0.461. The van der Waals surface area contributed by atoms with Gasteiger partial charge in [0.1, 0.15) is 11.0 Å². The van der Waals surface area contributed by atoms with E-state index in [4.69, 9.17) is 8.83 Å². The van der Waals surface area contributed by atoms with Crippen LogP contribution in [0.5, 0.6) is 0 Å². The topological polar surface area (TPSA) is 52.1 Å². The molecule has 24 heavy (non-hydrogen) atoms. The fourth-order valence-corrected chi connectivity index (χ4v) is 2.46. The van der Waals surface area contributed by atoms with Crippen LogP contribution in [0.15, 0.2) is 58.0 Å². The van der Waals surface area contributed by atoms with Crippen molar-refractivity contribution in [2.75, 3.05) is 0 Å². The van der Waals surface area contributed by atoms with E-state index in [1.54, 1.807) is 0 Å². The standard InChI is InChI=1S/2C10H11NO/c1-7(2)8-3-4-10-9(5-8)11-6-12-10;1-7(2)8-3-4-9-10(5-8)12-6-11-9/h2*3-7H,1-2H3. The molecule has 0 aliphatic carbocycles. The second-order valence-electron chi connectivity index (χ2n) is 6.47. The number of fused-ring (bicyclic) bond motifs is 2. The zero-order valence-corrected chi connectivity index (χ0v) is 14.5. The van der Waals surface area contributed by atoms with Gasteiger partial charge in [0.05, 0.1) is 0 Å². The normalized spacial score (nSPS) is 11.2. The molecule has 2 aromatic carbocycles. The first-order valence-electron chi connectivity index (χ1n) is 8.21. The molecule has 0 radical (unpaired) electrons. The van der Waals surface area contributed by atoms with Gasteiger partial charge in [-0.05, 0) is 47.2 Å². The number of hydrogen-bond acceptors (Lipinski definition) is 4. The summed E-state index contributed by atoms with van der Waals surface area (Å²) in [6.45, 7) is 8.66. The lowest BCUT2D eigenvalue weighted by Gasteiger charge is -2.02. The molecule has 0 bridgehead atoms. The van der Waals surface area contributed by atoms with Gasteiger partial charge < -0.3 is 8.83 Å². The van der Waals surface area contributed by atoms with Crippen LogP contribution in [0.1, 0.15) is 50.7 Å². The van der Waals surface area contributed by atoms with Gasteiger partial charge in [-0.1, -0.05) is 39.8 Å². The largest absolute Gasteiger partial charge is 0.443 e. The number of aromatic nitrogens is 2. The van der Waals surface area contributed by atoms with Gasteiger partial charge in [0, 0.05) is 0 Å². The summed E-state index contributed by atoms with van der Waals surface area (Å²) >= 11 is 0. The molecule has 0 fully saturated rings. The molecule has 0 aliphatic rings. The Kier molecular flexibility index (Phi) is 4.65. The average molecular weight is 322 g/mol. The van der Waals surface area contributed by atoms with Gasteiger partial charge in [-0.15, -0.1) is 0 Å². The molecule has 4 aromatic rings. The fraction of sp³-hybridized carbons (Fsp3) is 0.300. The first-order valence-corrected chi connectivity index (χ1v) is 8.21. The Bertz CT molecular complexity index is 857. The van der Waals surface area contributed by atoms with Crippen LogP contribution in [0.2, 0.25) is 0 Å². The van der Waals surface area contributed by atoms with E-state index in [9.17, 15) is 0 Å². The highest BCUT2D eigenvalue weighted by atomic mass is 16.3. The van der Waals surface area contributed by atoms with Crippen molar-refractivity contribution in [3.63, 3.8) is 0 Å². The third-order valence-electron chi connectivity index (χ3n) is 4.04. The van der Waals surface area contributed by atoms with Crippen LogP contribution >= 0.6 is 0 Å². The minimum atomic E-state index is 0.541. The minimum Gasteiger partial charge on any atom is -0.443 e. The second kappa shape index (κ2) is 6.87.